The molecule has 0 bridgehead atoms. The van der Waals surface area contributed by atoms with Crippen molar-refractivity contribution in [1.29, 1.82) is 0 Å². The molecule has 0 fully saturated rings. The van der Waals surface area contributed by atoms with E-state index in [2.05, 4.69) is 17.6 Å². The molecule has 0 saturated carbocycles. The first kappa shape index (κ1) is 19.7. The maximum atomic E-state index is 13.0. The molecule has 130 valence electrons. The number of benzene rings is 1. The van der Waals surface area contributed by atoms with Crippen molar-refractivity contribution < 1.29 is 13.9 Å². The Bertz CT molecular complexity index is 518. The smallest absolute Gasteiger partial charge is 0.407 e. The summed E-state index contributed by atoms with van der Waals surface area (Å²) >= 11 is 6.02. The molecule has 1 aromatic carbocycles. The maximum Gasteiger partial charge on any atom is 0.407 e. The SMILES string of the molecule is CCCC(CNC(=O)OC(C)(C)C)NCc1ccc(F)cc1Cl. The van der Waals surface area contributed by atoms with Crippen LogP contribution >= 0.6 is 11.6 Å². The van der Waals surface area contributed by atoms with Crippen LogP contribution in [-0.2, 0) is 11.3 Å². The third kappa shape index (κ3) is 8.18. The van der Waals surface area contributed by atoms with Crippen molar-refractivity contribution in [3.05, 3.63) is 34.6 Å². The topological polar surface area (TPSA) is 50.4 Å². The van der Waals surface area contributed by atoms with Gasteiger partial charge in [0.1, 0.15) is 11.4 Å². The summed E-state index contributed by atoms with van der Waals surface area (Å²) in [5.74, 6) is -0.351. The van der Waals surface area contributed by atoms with Crippen molar-refractivity contribution in [3.63, 3.8) is 0 Å². The van der Waals surface area contributed by atoms with Gasteiger partial charge in [-0.3, -0.25) is 0 Å². The summed E-state index contributed by atoms with van der Waals surface area (Å²) in [6.07, 6.45) is 1.44. The van der Waals surface area contributed by atoms with Gasteiger partial charge in [0.25, 0.3) is 0 Å². The molecule has 0 aromatic heterocycles. The fourth-order valence-corrected chi connectivity index (χ4v) is 2.30. The minimum Gasteiger partial charge on any atom is -0.444 e. The first-order valence-corrected chi connectivity index (χ1v) is 8.23. The first-order chi connectivity index (χ1) is 10.7. The molecule has 0 radical (unpaired) electrons. The number of carbonyl (C=O) groups is 1. The van der Waals surface area contributed by atoms with Crippen LogP contribution in [-0.4, -0.2) is 24.3 Å². The molecule has 1 rings (SSSR count). The normalized spacial score (nSPS) is 12.8. The van der Waals surface area contributed by atoms with Crippen molar-refractivity contribution in [2.24, 2.45) is 0 Å². The lowest BCUT2D eigenvalue weighted by molar-refractivity contribution is 0.0521. The van der Waals surface area contributed by atoms with E-state index in [4.69, 9.17) is 16.3 Å². The lowest BCUT2D eigenvalue weighted by atomic mass is 10.1. The molecule has 0 spiro atoms. The van der Waals surface area contributed by atoms with E-state index >= 15 is 0 Å². The lowest BCUT2D eigenvalue weighted by Gasteiger charge is -2.22. The summed E-state index contributed by atoms with van der Waals surface area (Å²) in [6, 6.07) is 4.44. The van der Waals surface area contributed by atoms with Crippen LogP contribution in [0, 0.1) is 5.82 Å². The standard InChI is InChI=1S/C17H26ClFN2O2/c1-5-6-14(11-21-16(22)23-17(2,3)4)20-10-12-7-8-13(19)9-15(12)18/h7-9,14,20H,5-6,10-11H2,1-4H3,(H,21,22). The summed E-state index contributed by atoms with van der Waals surface area (Å²) in [7, 11) is 0. The van der Waals surface area contributed by atoms with Gasteiger partial charge in [-0.25, -0.2) is 9.18 Å². The highest BCUT2D eigenvalue weighted by Crippen LogP contribution is 2.17. The van der Waals surface area contributed by atoms with Crippen LogP contribution in [0.25, 0.3) is 0 Å². The third-order valence-electron chi connectivity index (χ3n) is 3.13. The van der Waals surface area contributed by atoms with Crippen molar-refractivity contribution in [2.75, 3.05) is 6.54 Å². The number of amides is 1. The molecule has 23 heavy (non-hydrogen) atoms. The number of carbonyl (C=O) groups excluding carboxylic acids is 1. The Morgan fingerprint density at radius 2 is 2.09 bits per heavy atom. The van der Waals surface area contributed by atoms with Crippen LogP contribution in [0.4, 0.5) is 9.18 Å². The van der Waals surface area contributed by atoms with E-state index in [0.717, 1.165) is 18.4 Å². The first-order valence-electron chi connectivity index (χ1n) is 7.85. The minimum absolute atomic E-state index is 0.0913. The predicted octanol–water partition coefficient (Wildman–Crippen LogP) is 4.26. The number of nitrogens with one attached hydrogen (secondary N) is 2. The van der Waals surface area contributed by atoms with Gasteiger partial charge >= 0.3 is 6.09 Å². The maximum absolute atomic E-state index is 13.0. The van der Waals surface area contributed by atoms with Crippen LogP contribution in [0.3, 0.4) is 0 Å². The Morgan fingerprint density at radius 3 is 2.65 bits per heavy atom. The highest BCUT2D eigenvalue weighted by atomic mass is 35.5. The Hall–Kier alpha value is -1.33. The molecular weight excluding hydrogens is 319 g/mol. The number of halogens is 2. The Kier molecular flexibility index (Phi) is 7.79. The molecule has 0 aliphatic rings. The van der Waals surface area contributed by atoms with Crippen LogP contribution in [0.5, 0.6) is 0 Å². The largest absolute Gasteiger partial charge is 0.444 e. The van der Waals surface area contributed by atoms with E-state index in [0.29, 0.717) is 18.1 Å². The predicted molar refractivity (Wildman–Crippen MR) is 91.2 cm³/mol. The van der Waals surface area contributed by atoms with Gasteiger partial charge in [0.15, 0.2) is 0 Å². The molecule has 1 atom stereocenters. The molecular formula is C17H26ClFN2O2. The average Bonchev–Trinajstić information content (AvgIpc) is 2.41. The van der Waals surface area contributed by atoms with Gasteiger partial charge in [-0.15, -0.1) is 0 Å². The van der Waals surface area contributed by atoms with E-state index < -0.39 is 11.7 Å². The Morgan fingerprint density at radius 1 is 1.39 bits per heavy atom. The fourth-order valence-electron chi connectivity index (χ4n) is 2.06. The van der Waals surface area contributed by atoms with E-state index in [1.54, 1.807) is 6.07 Å². The lowest BCUT2D eigenvalue weighted by Crippen LogP contribution is -2.42. The second-order valence-corrected chi connectivity index (χ2v) is 6.89. The van der Waals surface area contributed by atoms with Crippen LogP contribution in [0.1, 0.15) is 46.1 Å². The molecule has 0 aliphatic heterocycles. The number of rotatable bonds is 7. The van der Waals surface area contributed by atoms with Crippen molar-refractivity contribution in [1.82, 2.24) is 10.6 Å². The minimum atomic E-state index is -0.514. The van der Waals surface area contributed by atoms with Crippen LogP contribution < -0.4 is 10.6 Å². The molecule has 0 saturated heterocycles. The van der Waals surface area contributed by atoms with Gasteiger partial charge in [-0.05, 0) is 44.9 Å². The third-order valence-corrected chi connectivity index (χ3v) is 3.48. The number of hydrogen-bond donors (Lipinski definition) is 2. The summed E-state index contributed by atoms with van der Waals surface area (Å²) in [5, 5.41) is 6.50. The van der Waals surface area contributed by atoms with Gasteiger partial charge in [-0.2, -0.15) is 0 Å². The molecule has 1 unspecified atom stereocenters. The molecule has 2 N–H and O–H groups in total. The summed E-state index contributed by atoms with van der Waals surface area (Å²) in [5.41, 5.74) is 0.311. The zero-order valence-electron chi connectivity index (χ0n) is 14.2. The molecule has 6 heteroatoms. The fraction of sp³-hybridized carbons (Fsp3) is 0.588. The summed E-state index contributed by atoms with van der Waals surface area (Å²) in [6.45, 7) is 8.52. The zero-order chi connectivity index (χ0) is 17.5. The van der Waals surface area contributed by atoms with Crippen LogP contribution in [0.2, 0.25) is 5.02 Å². The molecule has 0 heterocycles. The van der Waals surface area contributed by atoms with Crippen molar-refractivity contribution >= 4 is 17.7 Å². The number of alkyl carbamates (subject to hydrolysis) is 1. The molecule has 1 amide bonds. The van der Waals surface area contributed by atoms with Gasteiger partial charge in [0, 0.05) is 24.2 Å². The summed E-state index contributed by atoms with van der Waals surface area (Å²) < 4.78 is 18.3. The van der Waals surface area contributed by atoms with Gasteiger partial charge < -0.3 is 15.4 Å². The van der Waals surface area contributed by atoms with E-state index in [-0.39, 0.29) is 11.9 Å². The number of hydrogen-bond acceptors (Lipinski definition) is 3. The molecule has 1 aromatic rings. The van der Waals surface area contributed by atoms with Crippen molar-refractivity contribution in [3.8, 4) is 0 Å². The monoisotopic (exact) mass is 344 g/mol. The second-order valence-electron chi connectivity index (χ2n) is 6.49. The van der Waals surface area contributed by atoms with Gasteiger partial charge in [0.05, 0.1) is 0 Å². The quantitative estimate of drug-likeness (QED) is 0.777. The Balaban J connectivity index is 2.50. The zero-order valence-corrected chi connectivity index (χ0v) is 15.0. The average molecular weight is 345 g/mol. The van der Waals surface area contributed by atoms with E-state index in [1.165, 1.54) is 12.1 Å². The highest BCUT2D eigenvalue weighted by molar-refractivity contribution is 6.31. The highest BCUT2D eigenvalue weighted by Gasteiger charge is 2.17. The van der Waals surface area contributed by atoms with Gasteiger partial charge in [0.2, 0.25) is 0 Å². The van der Waals surface area contributed by atoms with Crippen LogP contribution in [0.15, 0.2) is 18.2 Å². The van der Waals surface area contributed by atoms with Crippen molar-refractivity contribution in [2.45, 2.75) is 58.7 Å². The molecule has 0 aliphatic carbocycles. The summed E-state index contributed by atoms with van der Waals surface area (Å²) in [4.78, 5) is 11.7. The molecule has 4 nitrogen and oxygen atoms in total. The number of ether oxygens (including phenoxy) is 1. The Labute approximate surface area is 142 Å². The second kappa shape index (κ2) is 9.08. The van der Waals surface area contributed by atoms with E-state index in [9.17, 15) is 9.18 Å². The van der Waals surface area contributed by atoms with E-state index in [1.807, 2.05) is 20.8 Å². The van der Waals surface area contributed by atoms with Gasteiger partial charge in [-0.1, -0.05) is 31.0 Å².